The average Bonchev–Trinajstić information content (AvgIpc) is 2.37. The molecule has 2 amide bonds. The lowest BCUT2D eigenvalue weighted by Crippen LogP contribution is -2.31. The highest BCUT2D eigenvalue weighted by atomic mass is 16.2. The molecular weight excluding hydrogens is 254 g/mol. The predicted octanol–water partition coefficient (Wildman–Crippen LogP) is 1.78. The lowest BCUT2D eigenvalue weighted by Gasteiger charge is -2.11. The normalized spacial score (nSPS) is 11.8. The second-order valence-corrected chi connectivity index (χ2v) is 4.91. The molecule has 1 rings (SSSR count). The molecular formula is C15H23N3O2. The Morgan fingerprint density at radius 2 is 1.90 bits per heavy atom. The largest absolute Gasteiger partial charge is 0.352 e. The Balaban J connectivity index is 2.38. The van der Waals surface area contributed by atoms with Gasteiger partial charge in [0.25, 0.3) is 0 Å². The van der Waals surface area contributed by atoms with Gasteiger partial charge in [0.2, 0.25) is 11.8 Å². The third-order valence-electron chi connectivity index (χ3n) is 2.87. The zero-order valence-corrected chi connectivity index (χ0v) is 12.1. The second kappa shape index (κ2) is 8.32. The van der Waals surface area contributed by atoms with Crippen molar-refractivity contribution in [1.29, 1.82) is 0 Å². The van der Waals surface area contributed by atoms with Gasteiger partial charge in [-0.2, -0.15) is 0 Å². The number of benzene rings is 1. The molecule has 0 aromatic heterocycles. The van der Waals surface area contributed by atoms with Crippen molar-refractivity contribution in [2.75, 3.05) is 5.32 Å². The molecule has 0 aliphatic heterocycles. The van der Waals surface area contributed by atoms with Crippen LogP contribution in [0, 0.1) is 0 Å². The minimum absolute atomic E-state index is 0.0307. The van der Waals surface area contributed by atoms with Gasteiger partial charge in [-0.25, -0.2) is 0 Å². The van der Waals surface area contributed by atoms with Crippen LogP contribution in [0.4, 0.5) is 5.69 Å². The van der Waals surface area contributed by atoms with Crippen LogP contribution in [0.25, 0.3) is 0 Å². The summed E-state index contributed by atoms with van der Waals surface area (Å²) in [4.78, 5) is 22.6. The van der Waals surface area contributed by atoms with Gasteiger partial charge in [-0.3, -0.25) is 9.59 Å². The quantitative estimate of drug-likeness (QED) is 0.710. The van der Waals surface area contributed by atoms with Crippen molar-refractivity contribution in [3.05, 3.63) is 29.8 Å². The van der Waals surface area contributed by atoms with Gasteiger partial charge < -0.3 is 16.4 Å². The molecule has 0 radical (unpaired) electrons. The van der Waals surface area contributed by atoms with Crippen molar-refractivity contribution < 1.29 is 9.59 Å². The van der Waals surface area contributed by atoms with Crippen LogP contribution in [-0.4, -0.2) is 17.9 Å². The number of hydrogen-bond donors (Lipinski definition) is 3. The fourth-order valence-electron chi connectivity index (χ4n) is 1.89. The molecule has 0 spiro atoms. The molecule has 5 nitrogen and oxygen atoms in total. The molecule has 0 saturated carbocycles. The lowest BCUT2D eigenvalue weighted by atomic mass is 10.1. The van der Waals surface area contributed by atoms with E-state index in [0.717, 1.165) is 24.1 Å². The van der Waals surface area contributed by atoms with E-state index >= 15 is 0 Å². The Morgan fingerprint density at radius 3 is 2.45 bits per heavy atom. The molecule has 110 valence electrons. The van der Waals surface area contributed by atoms with Crippen molar-refractivity contribution in [3.8, 4) is 0 Å². The minimum atomic E-state index is -0.101. The fraction of sp³-hybridized carbons (Fsp3) is 0.467. The fourth-order valence-corrected chi connectivity index (χ4v) is 1.89. The number of hydrogen-bond acceptors (Lipinski definition) is 3. The van der Waals surface area contributed by atoms with E-state index in [0.29, 0.717) is 13.0 Å². The van der Waals surface area contributed by atoms with Crippen molar-refractivity contribution >= 4 is 17.5 Å². The Morgan fingerprint density at radius 1 is 1.25 bits per heavy atom. The Bertz CT molecular complexity index is 443. The van der Waals surface area contributed by atoms with Gasteiger partial charge >= 0.3 is 0 Å². The number of rotatable bonds is 7. The Kier molecular flexibility index (Phi) is 6.73. The summed E-state index contributed by atoms with van der Waals surface area (Å²) in [5, 5.41) is 5.54. The number of carbonyl (C=O) groups is 2. The van der Waals surface area contributed by atoms with Gasteiger partial charge in [-0.05, 0) is 24.1 Å². The molecule has 1 atom stereocenters. The maximum atomic E-state index is 11.7. The van der Waals surface area contributed by atoms with E-state index in [1.54, 1.807) is 0 Å². The molecule has 1 aromatic carbocycles. The van der Waals surface area contributed by atoms with Crippen molar-refractivity contribution in [2.24, 2.45) is 5.73 Å². The van der Waals surface area contributed by atoms with Gasteiger partial charge in [-0.1, -0.05) is 25.5 Å². The highest BCUT2D eigenvalue weighted by Crippen LogP contribution is 2.09. The summed E-state index contributed by atoms with van der Waals surface area (Å²) >= 11 is 0. The lowest BCUT2D eigenvalue weighted by molar-refractivity contribution is -0.121. The van der Waals surface area contributed by atoms with E-state index in [1.807, 2.05) is 31.2 Å². The topological polar surface area (TPSA) is 84.2 Å². The van der Waals surface area contributed by atoms with E-state index in [1.165, 1.54) is 6.92 Å². The first-order valence-electron chi connectivity index (χ1n) is 6.90. The number of nitrogens with one attached hydrogen (secondary N) is 2. The van der Waals surface area contributed by atoms with Crippen LogP contribution in [0.2, 0.25) is 0 Å². The third kappa shape index (κ3) is 6.33. The van der Waals surface area contributed by atoms with Crippen LogP contribution in [0.5, 0.6) is 0 Å². The van der Waals surface area contributed by atoms with E-state index in [9.17, 15) is 9.59 Å². The van der Waals surface area contributed by atoms with Crippen LogP contribution in [-0.2, 0) is 16.1 Å². The van der Waals surface area contributed by atoms with Crippen molar-refractivity contribution in [2.45, 2.75) is 45.7 Å². The highest BCUT2D eigenvalue weighted by Gasteiger charge is 2.08. The zero-order valence-electron chi connectivity index (χ0n) is 12.1. The molecule has 1 aromatic rings. The summed E-state index contributed by atoms with van der Waals surface area (Å²) in [6.45, 7) is 3.99. The van der Waals surface area contributed by atoms with Crippen LogP contribution in [0.15, 0.2) is 24.3 Å². The SMILES string of the molecule is CCCC(N)CC(=O)NCc1ccc(NC(C)=O)cc1. The number of nitrogens with two attached hydrogens (primary N) is 1. The summed E-state index contributed by atoms with van der Waals surface area (Å²) in [5.41, 5.74) is 7.55. The predicted molar refractivity (Wildman–Crippen MR) is 80.1 cm³/mol. The smallest absolute Gasteiger partial charge is 0.221 e. The summed E-state index contributed by atoms with van der Waals surface area (Å²) in [7, 11) is 0. The zero-order chi connectivity index (χ0) is 15.0. The van der Waals surface area contributed by atoms with Crippen LogP contribution in [0.3, 0.4) is 0 Å². The maximum Gasteiger partial charge on any atom is 0.221 e. The second-order valence-electron chi connectivity index (χ2n) is 4.91. The number of carbonyl (C=O) groups excluding carboxylic acids is 2. The molecule has 20 heavy (non-hydrogen) atoms. The standard InChI is InChI=1S/C15H23N3O2/c1-3-4-13(16)9-15(20)17-10-12-5-7-14(8-6-12)18-11(2)19/h5-8,13H,3-4,9-10,16H2,1-2H3,(H,17,20)(H,18,19). The van der Waals surface area contributed by atoms with Crippen molar-refractivity contribution in [1.82, 2.24) is 5.32 Å². The van der Waals surface area contributed by atoms with Gasteiger partial charge in [-0.15, -0.1) is 0 Å². The van der Waals surface area contributed by atoms with Crippen LogP contribution < -0.4 is 16.4 Å². The first-order valence-corrected chi connectivity index (χ1v) is 6.90. The highest BCUT2D eigenvalue weighted by molar-refractivity contribution is 5.88. The average molecular weight is 277 g/mol. The number of amides is 2. The van der Waals surface area contributed by atoms with E-state index in [-0.39, 0.29) is 17.9 Å². The molecule has 5 heteroatoms. The Hall–Kier alpha value is -1.88. The molecule has 4 N–H and O–H groups in total. The third-order valence-corrected chi connectivity index (χ3v) is 2.87. The molecule has 0 saturated heterocycles. The number of anilines is 1. The van der Waals surface area contributed by atoms with Gasteiger partial charge in [0.1, 0.15) is 0 Å². The van der Waals surface area contributed by atoms with Gasteiger partial charge in [0.05, 0.1) is 0 Å². The molecule has 0 aliphatic carbocycles. The van der Waals surface area contributed by atoms with Crippen LogP contribution >= 0.6 is 0 Å². The van der Waals surface area contributed by atoms with Gasteiger partial charge in [0, 0.05) is 31.6 Å². The van der Waals surface area contributed by atoms with E-state index in [2.05, 4.69) is 10.6 Å². The maximum absolute atomic E-state index is 11.7. The minimum Gasteiger partial charge on any atom is -0.352 e. The van der Waals surface area contributed by atoms with E-state index in [4.69, 9.17) is 5.73 Å². The molecule has 0 aliphatic rings. The molecule has 1 unspecified atom stereocenters. The summed E-state index contributed by atoms with van der Waals surface area (Å²) in [5.74, 6) is -0.132. The van der Waals surface area contributed by atoms with Gasteiger partial charge in [0.15, 0.2) is 0 Å². The van der Waals surface area contributed by atoms with Crippen LogP contribution in [0.1, 0.15) is 38.7 Å². The summed E-state index contributed by atoms with van der Waals surface area (Å²) in [6, 6.07) is 7.30. The first-order chi connectivity index (χ1) is 9.51. The first kappa shape index (κ1) is 16.2. The molecule has 0 bridgehead atoms. The summed E-state index contributed by atoms with van der Waals surface area (Å²) < 4.78 is 0. The molecule has 0 fully saturated rings. The van der Waals surface area contributed by atoms with Crippen molar-refractivity contribution in [3.63, 3.8) is 0 Å². The van der Waals surface area contributed by atoms with E-state index < -0.39 is 0 Å². The Labute approximate surface area is 119 Å². The summed E-state index contributed by atoms with van der Waals surface area (Å²) in [6.07, 6.45) is 2.20. The monoisotopic (exact) mass is 277 g/mol. The molecule has 0 heterocycles.